The molecule has 5 nitrogen and oxygen atoms in total. The molecule has 0 amide bonds. The highest BCUT2D eigenvalue weighted by molar-refractivity contribution is 5.79. The molecule has 124 valence electrons. The zero-order valence-corrected chi connectivity index (χ0v) is 14.3. The quantitative estimate of drug-likeness (QED) is 0.498. The topological polar surface area (TPSA) is 42.9 Å². The van der Waals surface area contributed by atoms with Gasteiger partial charge in [-0.2, -0.15) is 0 Å². The number of hydrogen-bond donors (Lipinski definition) is 2. The molecule has 1 aliphatic heterocycles. The molecule has 21 heavy (non-hydrogen) atoms. The van der Waals surface area contributed by atoms with E-state index in [1.807, 2.05) is 7.05 Å². The average molecular weight is 297 g/mol. The fourth-order valence-corrected chi connectivity index (χ4v) is 2.81. The summed E-state index contributed by atoms with van der Waals surface area (Å²) in [5.74, 6) is 0.930. The molecule has 0 aromatic heterocycles. The Morgan fingerprint density at radius 3 is 2.38 bits per heavy atom. The highest BCUT2D eigenvalue weighted by atomic mass is 15.2. The van der Waals surface area contributed by atoms with Crippen LogP contribution in [0.4, 0.5) is 0 Å². The minimum absolute atomic E-state index is 0.930. The maximum Gasteiger partial charge on any atom is 0.191 e. The van der Waals surface area contributed by atoms with E-state index in [4.69, 9.17) is 0 Å². The van der Waals surface area contributed by atoms with Crippen LogP contribution >= 0.6 is 0 Å². The van der Waals surface area contributed by atoms with Gasteiger partial charge in [-0.05, 0) is 45.4 Å². The molecular formula is C16H35N5. The van der Waals surface area contributed by atoms with Gasteiger partial charge in [-0.1, -0.05) is 20.3 Å². The zero-order chi connectivity index (χ0) is 15.3. The minimum Gasteiger partial charge on any atom is -0.355 e. The second kappa shape index (κ2) is 11.8. The molecule has 2 N–H and O–H groups in total. The van der Waals surface area contributed by atoms with Crippen molar-refractivity contribution in [3.63, 3.8) is 0 Å². The molecule has 0 aromatic rings. The number of guanidine groups is 1. The van der Waals surface area contributed by atoms with E-state index in [0.29, 0.717) is 0 Å². The van der Waals surface area contributed by atoms with Crippen molar-refractivity contribution in [1.29, 1.82) is 0 Å². The molecule has 0 atom stereocenters. The van der Waals surface area contributed by atoms with Crippen molar-refractivity contribution in [2.45, 2.75) is 39.5 Å². The number of likely N-dealkylation sites (tertiary alicyclic amines) is 1. The summed E-state index contributed by atoms with van der Waals surface area (Å²) in [6.07, 6.45) is 5.34. The molecule has 1 heterocycles. The number of rotatable bonds is 9. The maximum atomic E-state index is 4.30. The zero-order valence-electron chi connectivity index (χ0n) is 14.3. The second-order valence-corrected chi connectivity index (χ2v) is 5.76. The van der Waals surface area contributed by atoms with E-state index in [1.165, 1.54) is 45.3 Å². The molecule has 0 unspecified atom stereocenters. The van der Waals surface area contributed by atoms with E-state index < -0.39 is 0 Å². The first-order valence-corrected chi connectivity index (χ1v) is 8.69. The highest BCUT2D eigenvalue weighted by Gasteiger charge is 2.09. The summed E-state index contributed by atoms with van der Waals surface area (Å²) in [7, 11) is 1.85. The lowest BCUT2D eigenvalue weighted by Crippen LogP contribution is -2.44. The van der Waals surface area contributed by atoms with Crippen molar-refractivity contribution in [2.75, 3.05) is 59.4 Å². The van der Waals surface area contributed by atoms with Gasteiger partial charge in [0.05, 0.1) is 0 Å². The van der Waals surface area contributed by atoms with Crippen molar-refractivity contribution < 1.29 is 0 Å². The second-order valence-electron chi connectivity index (χ2n) is 5.76. The van der Waals surface area contributed by atoms with Crippen LogP contribution in [0, 0.1) is 0 Å². The maximum absolute atomic E-state index is 4.30. The van der Waals surface area contributed by atoms with E-state index in [0.717, 1.165) is 38.7 Å². The van der Waals surface area contributed by atoms with Crippen LogP contribution in [0.1, 0.15) is 39.5 Å². The Bertz CT molecular complexity index is 261. The number of aliphatic imine (C=N–C) groups is 1. The van der Waals surface area contributed by atoms with Crippen molar-refractivity contribution in [3.05, 3.63) is 0 Å². The van der Waals surface area contributed by atoms with Gasteiger partial charge in [0.2, 0.25) is 0 Å². The third kappa shape index (κ3) is 8.27. The van der Waals surface area contributed by atoms with Crippen molar-refractivity contribution in [2.24, 2.45) is 4.99 Å². The summed E-state index contributed by atoms with van der Waals surface area (Å²) >= 11 is 0. The van der Waals surface area contributed by atoms with E-state index in [2.05, 4.69) is 39.3 Å². The van der Waals surface area contributed by atoms with E-state index in [-0.39, 0.29) is 0 Å². The molecule has 0 aliphatic carbocycles. The first kappa shape index (κ1) is 18.2. The van der Waals surface area contributed by atoms with Crippen LogP contribution in [-0.2, 0) is 0 Å². The molecular weight excluding hydrogens is 262 g/mol. The Balaban J connectivity index is 2.10. The fourth-order valence-electron chi connectivity index (χ4n) is 2.81. The Labute approximate surface area is 131 Å². The predicted octanol–water partition coefficient (Wildman–Crippen LogP) is 1.37. The molecule has 0 spiro atoms. The third-order valence-electron chi connectivity index (χ3n) is 4.10. The smallest absolute Gasteiger partial charge is 0.191 e. The van der Waals surface area contributed by atoms with Crippen LogP contribution < -0.4 is 10.6 Å². The summed E-state index contributed by atoms with van der Waals surface area (Å²) in [6.45, 7) is 13.4. The SMILES string of the molecule is CCCN(CC)CCNC(=NC)NCCN1CCCCC1. The Morgan fingerprint density at radius 1 is 1.05 bits per heavy atom. The third-order valence-corrected chi connectivity index (χ3v) is 4.10. The van der Waals surface area contributed by atoms with Gasteiger partial charge in [-0.25, -0.2) is 0 Å². The molecule has 0 radical (unpaired) electrons. The standard InChI is InChI=1S/C16H35N5/c1-4-11-20(5-2)14-9-18-16(17-3)19-10-15-21-12-7-6-8-13-21/h4-15H2,1-3H3,(H2,17,18,19). The van der Waals surface area contributed by atoms with Crippen LogP contribution in [0.25, 0.3) is 0 Å². The lowest BCUT2D eigenvalue weighted by atomic mass is 10.1. The number of nitrogens with one attached hydrogen (secondary N) is 2. The van der Waals surface area contributed by atoms with Crippen LogP contribution in [0.3, 0.4) is 0 Å². The Hall–Kier alpha value is -0.810. The molecule has 0 aromatic carbocycles. The van der Waals surface area contributed by atoms with E-state index in [1.54, 1.807) is 0 Å². The Kier molecular flexibility index (Phi) is 10.3. The normalized spacial score (nSPS) is 17.2. The monoisotopic (exact) mass is 297 g/mol. The molecule has 0 bridgehead atoms. The van der Waals surface area contributed by atoms with Gasteiger partial charge in [-0.15, -0.1) is 0 Å². The number of likely N-dealkylation sites (N-methyl/N-ethyl adjacent to an activating group) is 1. The molecule has 5 heteroatoms. The van der Waals surface area contributed by atoms with E-state index >= 15 is 0 Å². The van der Waals surface area contributed by atoms with Crippen LogP contribution in [0.15, 0.2) is 4.99 Å². The summed E-state index contributed by atoms with van der Waals surface area (Å²) in [4.78, 5) is 9.31. The number of nitrogens with zero attached hydrogens (tertiary/aromatic N) is 3. The molecule has 1 aliphatic rings. The molecule has 1 fully saturated rings. The van der Waals surface area contributed by atoms with Crippen LogP contribution in [0.2, 0.25) is 0 Å². The molecule has 1 rings (SSSR count). The van der Waals surface area contributed by atoms with Gasteiger partial charge in [0.15, 0.2) is 5.96 Å². The molecule has 0 saturated carbocycles. The van der Waals surface area contributed by atoms with Gasteiger partial charge >= 0.3 is 0 Å². The van der Waals surface area contributed by atoms with Crippen LogP contribution in [-0.4, -0.2) is 75.2 Å². The highest BCUT2D eigenvalue weighted by Crippen LogP contribution is 2.07. The summed E-state index contributed by atoms with van der Waals surface area (Å²) in [5.41, 5.74) is 0. The van der Waals surface area contributed by atoms with Gasteiger partial charge < -0.3 is 20.4 Å². The fraction of sp³-hybridized carbons (Fsp3) is 0.938. The van der Waals surface area contributed by atoms with Crippen LogP contribution in [0.5, 0.6) is 0 Å². The first-order valence-electron chi connectivity index (χ1n) is 8.69. The van der Waals surface area contributed by atoms with Gasteiger partial charge in [-0.3, -0.25) is 4.99 Å². The number of piperidine rings is 1. The van der Waals surface area contributed by atoms with Crippen molar-refractivity contribution >= 4 is 5.96 Å². The van der Waals surface area contributed by atoms with Gasteiger partial charge in [0, 0.05) is 33.2 Å². The van der Waals surface area contributed by atoms with Crippen molar-refractivity contribution in [3.8, 4) is 0 Å². The minimum atomic E-state index is 0.930. The van der Waals surface area contributed by atoms with Gasteiger partial charge in [0.1, 0.15) is 0 Å². The molecule has 1 saturated heterocycles. The summed E-state index contributed by atoms with van der Waals surface area (Å²) < 4.78 is 0. The lowest BCUT2D eigenvalue weighted by Gasteiger charge is -2.26. The predicted molar refractivity (Wildman–Crippen MR) is 92.1 cm³/mol. The largest absolute Gasteiger partial charge is 0.355 e. The van der Waals surface area contributed by atoms with Crippen molar-refractivity contribution in [1.82, 2.24) is 20.4 Å². The lowest BCUT2D eigenvalue weighted by molar-refractivity contribution is 0.232. The summed E-state index contributed by atoms with van der Waals surface area (Å²) in [6, 6.07) is 0. The average Bonchev–Trinajstić information content (AvgIpc) is 2.53. The Morgan fingerprint density at radius 2 is 1.76 bits per heavy atom. The first-order chi connectivity index (χ1) is 10.3. The van der Waals surface area contributed by atoms with Gasteiger partial charge in [0.25, 0.3) is 0 Å². The number of hydrogen-bond acceptors (Lipinski definition) is 3. The summed E-state index contributed by atoms with van der Waals surface area (Å²) in [5, 5.41) is 6.83. The van der Waals surface area contributed by atoms with E-state index in [9.17, 15) is 0 Å².